The molecular formula is C20H14O4. The maximum Gasteiger partial charge on any atom is 0.233 e. The number of ketones is 2. The third-order valence-corrected chi connectivity index (χ3v) is 3.72. The lowest BCUT2D eigenvalue weighted by Crippen LogP contribution is -2.15. The van der Waals surface area contributed by atoms with Gasteiger partial charge >= 0.3 is 0 Å². The van der Waals surface area contributed by atoms with Crippen LogP contribution in [-0.2, 0) is 4.79 Å². The van der Waals surface area contributed by atoms with Crippen LogP contribution in [0.4, 0.5) is 0 Å². The number of phenolic OH excluding ortho intramolecular Hbond substituents is 2. The summed E-state index contributed by atoms with van der Waals surface area (Å²) in [6, 6.07) is 17.7. The number of rotatable bonds is 0. The molecular weight excluding hydrogens is 304 g/mol. The lowest BCUT2D eigenvalue weighted by atomic mass is 9.96. The number of carbonyl (C=O) groups excluding carboxylic acids is 2. The topological polar surface area (TPSA) is 74.6 Å². The van der Waals surface area contributed by atoms with Gasteiger partial charge in [0, 0.05) is 10.9 Å². The van der Waals surface area contributed by atoms with Crippen LogP contribution in [0.15, 0.2) is 66.7 Å². The summed E-state index contributed by atoms with van der Waals surface area (Å²) in [6.07, 6.45) is 2.98. The highest BCUT2D eigenvalue weighted by atomic mass is 16.3. The van der Waals surface area contributed by atoms with Gasteiger partial charge in [-0.1, -0.05) is 60.7 Å². The number of aromatic hydroxyl groups is 2. The number of fused-ring (bicyclic) bond motifs is 2. The van der Waals surface area contributed by atoms with Crippen LogP contribution in [0, 0.1) is 0 Å². The monoisotopic (exact) mass is 318 g/mol. The Morgan fingerprint density at radius 2 is 1.42 bits per heavy atom. The van der Waals surface area contributed by atoms with E-state index in [2.05, 4.69) is 0 Å². The van der Waals surface area contributed by atoms with Crippen LogP contribution in [0.5, 0.6) is 11.5 Å². The van der Waals surface area contributed by atoms with E-state index in [1.165, 1.54) is 12.1 Å². The molecule has 0 bridgehead atoms. The van der Waals surface area contributed by atoms with Gasteiger partial charge in [0.25, 0.3) is 0 Å². The van der Waals surface area contributed by atoms with Crippen molar-refractivity contribution in [1.29, 1.82) is 0 Å². The Morgan fingerprint density at radius 1 is 0.708 bits per heavy atom. The maximum atomic E-state index is 11.2. The summed E-state index contributed by atoms with van der Waals surface area (Å²) in [7, 11) is 0. The molecule has 1 aliphatic rings. The predicted molar refractivity (Wildman–Crippen MR) is 92.1 cm³/mol. The second kappa shape index (κ2) is 6.38. The molecule has 3 aromatic carbocycles. The first kappa shape index (κ1) is 15.5. The van der Waals surface area contributed by atoms with Gasteiger partial charge < -0.3 is 10.2 Å². The van der Waals surface area contributed by atoms with E-state index in [1.54, 1.807) is 30.3 Å². The Kier molecular flexibility index (Phi) is 4.12. The Bertz CT molecular complexity index is 970. The second-order valence-corrected chi connectivity index (χ2v) is 5.27. The third-order valence-electron chi connectivity index (χ3n) is 3.72. The van der Waals surface area contributed by atoms with Crippen LogP contribution in [0.25, 0.3) is 16.8 Å². The Balaban J connectivity index is 0.000000141. The lowest BCUT2D eigenvalue weighted by Gasteiger charge is -2.06. The molecule has 118 valence electrons. The molecule has 0 radical (unpaired) electrons. The lowest BCUT2D eigenvalue weighted by molar-refractivity contribution is -0.110. The van der Waals surface area contributed by atoms with Gasteiger partial charge in [0.1, 0.15) is 0 Å². The molecule has 0 fully saturated rings. The summed E-state index contributed by atoms with van der Waals surface area (Å²) in [6.45, 7) is 0. The molecule has 0 atom stereocenters. The van der Waals surface area contributed by atoms with Crippen molar-refractivity contribution in [2.45, 2.75) is 0 Å². The number of benzene rings is 3. The highest BCUT2D eigenvalue weighted by Gasteiger charge is 2.19. The quantitative estimate of drug-likeness (QED) is 0.489. The first-order valence-corrected chi connectivity index (χ1v) is 7.33. The standard InChI is InChI=1S/C10H8O2.C10H6O2/c2*11-9-6-5-7-3-1-2-4-8(7)10(9)12/h1-6,11-12H;1-6H. The van der Waals surface area contributed by atoms with E-state index in [-0.39, 0.29) is 11.5 Å². The van der Waals surface area contributed by atoms with Crippen LogP contribution in [0.3, 0.4) is 0 Å². The van der Waals surface area contributed by atoms with Crippen LogP contribution < -0.4 is 0 Å². The maximum absolute atomic E-state index is 11.2. The average molecular weight is 318 g/mol. The molecule has 24 heavy (non-hydrogen) atoms. The van der Waals surface area contributed by atoms with E-state index >= 15 is 0 Å². The van der Waals surface area contributed by atoms with Gasteiger partial charge in [-0.25, -0.2) is 0 Å². The van der Waals surface area contributed by atoms with Crippen LogP contribution in [0.1, 0.15) is 15.9 Å². The summed E-state index contributed by atoms with van der Waals surface area (Å²) < 4.78 is 0. The van der Waals surface area contributed by atoms with Crippen molar-refractivity contribution < 1.29 is 19.8 Å². The highest BCUT2D eigenvalue weighted by Crippen LogP contribution is 2.32. The fourth-order valence-electron chi connectivity index (χ4n) is 2.47. The van der Waals surface area contributed by atoms with Gasteiger partial charge in [-0.15, -0.1) is 0 Å². The van der Waals surface area contributed by atoms with Crippen molar-refractivity contribution >= 4 is 28.4 Å². The molecule has 0 saturated heterocycles. The molecule has 2 N–H and O–H groups in total. The molecule has 0 unspecified atom stereocenters. The Labute approximate surface area is 138 Å². The molecule has 0 saturated carbocycles. The molecule has 4 heteroatoms. The SMILES string of the molecule is O=C1C=Cc2ccccc2C1=O.Oc1ccc2ccccc2c1O. The zero-order chi connectivity index (χ0) is 17.1. The minimum Gasteiger partial charge on any atom is -0.504 e. The molecule has 1 aliphatic carbocycles. The number of phenols is 2. The number of allylic oxidation sites excluding steroid dienone is 1. The van der Waals surface area contributed by atoms with E-state index in [9.17, 15) is 14.7 Å². The minimum absolute atomic E-state index is 0.0481. The number of hydrogen-bond acceptors (Lipinski definition) is 4. The van der Waals surface area contributed by atoms with Crippen LogP contribution in [0.2, 0.25) is 0 Å². The van der Waals surface area contributed by atoms with E-state index in [0.717, 1.165) is 10.9 Å². The normalized spacial score (nSPS) is 12.5. The molecule has 3 aromatic rings. The van der Waals surface area contributed by atoms with Gasteiger partial charge in [0.05, 0.1) is 0 Å². The summed E-state index contributed by atoms with van der Waals surface area (Å²) >= 11 is 0. The van der Waals surface area contributed by atoms with Crippen molar-refractivity contribution in [3.63, 3.8) is 0 Å². The molecule has 0 aliphatic heterocycles. The van der Waals surface area contributed by atoms with E-state index < -0.39 is 11.6 Å². The molecule has 4 rings (SSSR count). The van der Waals surface area contributed by atoms with Crippen molar-refractivity contribution in [2.24, 2.45) is 0 Å². The van der Waals surface area contributed by atoms with Crippen molar-refractivity contribution in [1.82, 2.24) is 0 Å². The van der Waals surface area contributed by atoms with Crippen LogP contribution in [-0.4, -0.2) is 21.8 Å². The summed E-state index contributed by atoms with van der Waals surface area (Å²) in [5, 5.41) is 20.2. The minimum atomic E-state index is -0.436. The van der Waals surface area contributed by atoms with Gasteiger partial charge in [-0.3, -0.25) is 9.59 Å². The molecule has 0 spiro atoms. The zero-order valence-electron chi connectivity index (χ0n) is 12.6. The van der Waals surface area contributed by atoms with Gasteiger partial charge in [0.2, 0.25) is 11.6 Å². The second-order valence-electron chi connectivity index (χ2n) is 5.27. The van der Waals surface area contributed by atoms with Crippen LogP contribution >= 0.6 is 0 Å². The number of hydrogen-bond donors (Lipinski definition) is 2. The fourth-order valence-corrected chi connectivity index (χ4v) is 2.47. The predicted octanol–water partition coefficient (Wildman–Crippen LogP) is 3.72. The van der Waals surface area contributed by atoms with E-state index in [1.807, 2.05) is 30.3 Å². The largest absolute Gasteiger partial charge is 0.504 e. The molecule has 0 aromatic heterocycles. The zero-order valence-corrected chi connectivity index (χ0v) is 12.6. The third kappa shape index (κ3) is 2.90. The van der Waals surface area contributed by atoms with E-state index in [4.69, 9.17) is 5.11 Å². The Hall–Kier alpha value is -3.40. The van der Waals surface area contributed by atoms with Crippen molar-refractivity contribution in [3.8, 4) is 11.5 Å². The van der Waals surface area contributed by atoms with Crippen molar-refractivity contribution in [2.75, 3.05) is 0 Å². The van der Waals surface area contributed by atoms with E-state index in [0.29, 0.717) is 10.9 Å². The Morgan fingerprint density at radius 3 is 2.25 bits per heavy atom. The fraction of sp³-hybridized carbons (Fsp3) is 0. The summed E-state index contributed by atoms with van der Waals surface area (Å²) in [4.78, 5) is 22.1. The first-order valence-electron chi connectivity index (χ1n) is 7.33. The molecule has 0 amide bonds. The summed E-state index contributed by atoms with van der Waals surface area (Å²) in [5.41, 5.74) is 1.33. The highest BCUT2D eigenvalue weighted by molar-refractivity contribution is 6.49. The first-order chi connectivity index (χ1) is 11.6. The smallest absolute Gasteiger partial charge is 0.233 e. The van der Waals surface area contributed by atoms with Gasteiger partial charge in [-0.2, -0.15) is 0 Å². The molecule has 4 nitrogen and oxygen atoms in total. The van der Waals surface area contributed by atoms with Gasteiger partial charge in [0.15, 0.2) is 11.5 Å². The van der Waals surface area contributed by atoms with Crippen molar-refractivity contribution in [3.05, 3.63) is 77.9 Å². The summed E-state index contributed by atoms with van der Waals surface area (Å²) in [5.74, 6) is -0.969. The average Bonchev–Trinajstić information content (AvgIpc) is 2.62. The number of carbonyl (C=O) groups is 2. The van der Waals surface area contributed by atoms with Gasteiger partial charge in [-0.05, 0) is 23.1 Å². The number of Topliss-reactive ketones (excluding diaryl/α,β-unsaturated/α-hetero) is 1. The molecule has 0 heterocycles.